The molecule has 29 heavy (non-hydrogen) atoms. The molecule has 0 saturated carbocycles. The second-order valence-electron chi connectivity index (χ2n) is 6.28. The maximum atomic E-state index is 14.3. The second-order valence-corrected chi connectivity index (χ2v) is 9.00. The smallest absolute Gasteiger partial charge is 0.257 e. The molecule has 0 radical (unpaired) electrons. The molecule has 0 spiro atoms. The third-order valence-electron chi connectivity index (χ3n) is 4.25. The monoisotopic (exact) mass is 468 g/mol. The van der Waals surface area contributed by atoms with Gasteiger partial charge in [0, 0.05) is 24.8 Å². The molecule has 1 fully saturated rings. The van der Waals surface area contributed by atoms with E-state index in [2.05, 4.69) is 5.32 Å². The SMILES string of the molecule is O=C(Nc1cc(F)c(F)c(Cl)c1)c1cc(S(=O)(=O)N2CCC(O)C2)c(F)cc1Cl. The number of aliphatic hydroxyl groups is 1. The summed E-state index contributed by atoms with van der Waals surface area (Å²) in [4.78, 5) is 11.7. The number of amides is 1. The summed E-state index contributed by atoms with van der Waals surface area (Å²) in [6, 6.07) is 3.01. The van der Waals surface area contributed by atoms with Crippen LogP contribution >= 0.6 is 23.2 Å². The van der Waals surface area contributed by atoms with Gasteiger partial charge in [-0.05, 0) is 24.6 Å². The molecule has 1 heterocycles. The first-order valence-electron chi connectivity index (χ1n) is 8.14. The standard InChI is InChI=1S/C17H13Cl2F3N2O4S/c18-11-6-13(20)15(29(27,28)24-2-1-9(25)7-24)5-10(11)17(26)23-8-3-12(19)16(22)14(21)4-8/h3-6,9,25H,1-2,7H2,(H,23,26). The third-order valence-corrected chi connectivity index (χ3v) is 6.72. The zero-order chi connectivity index (χ0) is 21.5. The molecule has 1 amide bonds. The molecule has 1 atom stereocenters. The Morgan fingerprint density at radius 2 is 1.79 bits per heavy atom. The summed E-state index contributed by atoms with van der Waals surface area (Å²) in [5.41, 5.74) is -0.626. The van der Waals surface area contributed by atoms with Gasteiger partial charge in [0.15, 0.2) is 11.6 Å². The summed E-state index contributed by atoms with van der Waals surface area (Å²) in [6.07, 6.45) is -0.681. The van der Waals surface area contributed by atoms with E-state index in [1.54, 1.807) is 0 Å². The van der Waals surface area contributed by atoms with Crippen molar-refractivity contribution in [3.8, 4) is 0 Å². The molecule has 6 nitrogen and oxygen atoms in total. The van der Waals surface area contributed by atoms with Crippen molar-refractivity contribution in [2.75, 3.05) is 18.4 Å². The van der Waals surface area contributed by atoms with Crippen molar-refractivity contribution in [3.63, 3.8) is 0 Å². The molecule has 2 aromatic carbocycles. The van der Waals surface area contributed by atoms with E-state index < -0.39 is 60.0 Å². The first kappa shape index (κ1) is 21.8. The Bertz CT molecular complexity index is 1080. The number of aliphatic hydroxyl groups excluding tert-OH is 1. The van der Waals surface area contributed by atoms with E-state index in [0.29, 0.717) is 12.1 Å². The minimum Gasteiger partial charge on any atom is -0.392 e. The van der Waals surface area contributed by atoms with Crippen LogP contribution in [-0.4, -0.2) is 42.9 Å². The van der Waals surface area contributed by atoms with E-state index in [9.17, 15) is 31.5 Å². The topological polar surface area (TPSA) is 86.7 Å². The lowest BCUT2D eigenvalue weighted by molar-refractivity contribution is 0.102. The van der Waals surface area contributed by atoms with Gasteiger partial charge in [-0.2, -0.15) is 4.31 Å². The van der Waals surface area contributed by atoms with Crippen molar-refractivity contribution in [2.45, 2.75) is 17.4 Å². The quantitative estimate of drug-likeness (QED) is 0.673. The molecule has 0 aliphatic carbocycles. The molecule has 0 bridgehead atoms. The van der Waals surface area contributed by atoms with Crippen LogP contribution in [0.3, 0.4) is 0 Å². The molecule has 1 aliphatic heterocycles. The van der Waals surface area contributed by atoms with E-state index in [-0.39, 0.29) is 25.2 Å². The summed E-state index contributed by atoms with van der Waals surface area (Å²) in [7, 11) is -4.34. The van der Waals surface area contributed by atoms with Crippen LogP contribution in [0.1, 0.15) is 16.8 Å². The van der Waals surface area contributed by atoms with Crippen molar-refractivity contribution < 1.29 is 31.5 Å². The highest BCUT2D eigenvalue weighted by molar-refractivity contribution is 7.89. The highest BCUT2D eigenvalue weighted by Gasteiger charge is 2.34. The molecule has 3 rings (SSSR count). The fourth-order valence-electron chi connectivity index (χ4n) is 2.79. The number of carbonyl (C=O) groups excluding carboxylic acids is 1. The van der Waals surface area contributed by atoms with Gasteiger partial charge >= 0.3 is 0 Å². The number of nitrogens with one attached hydrogen (secondary N) is 1. The van der Waals surface area contributed by atoms with Gasteiger partial charge in [0.1, 0.15) is 10.7 Å². The van der Waals surface area contributed by atoms with Gasteiger partial charge in [0.2, 0.25) is 10.0 Å². The highest BCUT2D eigenvalue weighted by Crippen LogP contribution is 2.29. The lowest BCUT2D eigenvalue weighted by atomic mass is 10.2. The van der Waals surface area contributed by atoms with Gasteiger partial charge in [-0.15, -0.1) is 0 Å². The number of anilines is 1. The van der Waals surface area contributed by atoms with Crippen molar-refractivity contribution in [3.05, 3.63) is 57.3 Å². The van der Waals surface area contributed by atoms with Crippen LogP contribution < -0.4 is 5.32 Å². The first-order chi connectivity index (χ1) is 13.5. The predicted molar refractivity (Wildman–Crippen MR) is 100 cm³/mol. The fourth-order valence-corrected chi connectivity index (χ4v) is 4.80. The molecule has 12 heteroatoms. The lowest BCUT2D eigenvalue weighted by Gasteiger charge is -2.17. The van der Waals surface area contributed by atoms with Crippen LogP contribution in [0.4, 0.5) is 18.9 Å². The number of carbonyl (C=O) groups is 1. The Kier molecular flexibility index (Phi) is 6.11. The molecule has 2 N–H and O–H groups in total. The van der Waals surface area contributed by atoms with Crippen LogP contribution in [0, 0.1) is 17.5 Å². The predicted octanol–water partition coefficient (Wildman–Crippen LogP) is 3.42. The second kappa shape index (κ2) is 8.11. The lowest BCUT2D eigenvalue weighted by Crippen LogP contribution is -2.30. The Morgan fingerprint density at radius 3 is 2.38 bits per heavy atom. The summed E-state index contributed by atoms with van der Waals surface area (Å²) in [6.45, 7) is -0.222. The highest BCUT2D eigenvalue weighted by atomic mass is 35.5. The van der Waals surface area contributed by atoms with Gasteiger partial charge in [0.05, 0.1) is 21.7 Å². The van der Waals surface area contributed by atoms with E-state index in [4.69, 9.17) is 23.2 Å². The minimum absolute atomic E-state index is 0.0134. The van der Waals surface area contributed by atoms with E-state index in [1.165, 1.54) is 0 Å². The van der Waals surface area contributed by atoms with Crippen molar-refractivity contribution in [2.24, 2.45) is 0 Å². The molecular weight excluding hydrogens is 456 g/mol. The normalized spacial score (nSPS) is 17.5. The Hall–Kier alpha value is -1.85. The van der Waals surface area contributed by atoms with Crippen LogP contribution in [0.25, 0.3) is 0 Å². The minimum atomic E-state index is -4.34. The van der Waals surface area contributed by atoms with Gasteiger partial charge in [-0.3, -0.25) is 4.79 Å². The van der Waals surface area contributed by atoms with Crippen LogP contribution in [0.2, 0.25) is 10.0 Å². The molecular formula is C17H13Cl2F3N2O4S. The van der Waals surface area contributed by atoms with Gasteiger partial charge in [-0.1, -0.05) is 23.2 Å². The summed E-state index contributed by atoms with van der Waals surface area (Å²) in [5, 5.41) is 10.8. The Morgan fingerprint density at radius 1 is 1.10 bits per heavy atom. The van der Waals surface area contributed by atoms with Crippen LogP contribution in [0.15, 0.2) is 29.2 Å². The average molecular weight is 469 g/mol. The van der Waals surface area contributed by atoms with Gasteiger partial charge in [0.25, 0.3) is 5.91 Å². The van der Waals surface area contributed by atoms with Crippen LogP contribution in [-0.2, 0) is 10.0 Å². The zero-order valence-corrected chi connectivity index (χ0v) is 16.8. The summed E-state index contributed by atoms with van der Waals surface area (Å²) in [5.74, 6) is -4.78. The Labute approximate surface area is 173 Å². The number of hydrogen-bond donors (Lipinski definition) is 2. The van der Waals surface area contributed by atoms with E-state index in [0.717, 1.165) is 16.4 Å². The van der Waals surface area contributed by atoms with E-state index in [1.807, 2.05) is 0 Å². The summed E-state index contributed by atoms with van der Waals surface area (Å²) < 4.78 is 67.3. The fraction of sp³-hybridized carbons (Fsp3) is 0.235. The van der Waals surface area contributed by atoms with Crippen molar-refractivity contribution in [1.29, 1.82) is 0 Å². The molecule has 1 unspecified atom stereocenters. The zero-order valence-electron chi connectivity index (χ0n) is 14.4. The van der Waals surface area contributed by atoms with Gasteiger partial charge in [-0.25, -0.2) is 21.6 Å². The average Bonchev–Trinajstić information content (AvgIpc) is 3.06. The number of benzene rings is 2. The van der Waals surface area contributed by atoms with Crippen LogP contribution in [0.5, 0.6) is 0 Å². The molecule has 0 aromatic heterocycles. The van der Waals surface area contributed by atoms with Crippen molar-refractivity contribution >= 4 is 44.8 Å². The number of halogens is 5. The Balaban J connectivity index is 1.96. The molecule has 1 saturated heterocycles. The molecule has 1 aliphatic rings. The largest absolute Gasteiger partial charge is 0.392 e. The molecule has 156 valence electrons. The van der Waals surface area contributed by atoms with Crippen molar-refractivity contribution in [1.82, 2.24) is 4.31 Å². The first-order valence-corrected chi connectivity index (χ1v) is 10.3. The number of sulfonamides is 1. The summed E-state index contributed by atoms with van der Waals surface area (Å²) >= 11 is 11.4. The number of β-amino-alcohol motifs (C(OH)–C–C–N with tert-alkyl or cyclic N) is 1. The maximum Gasteiger partial charge on any atom is 0.257 e. The third kappa shape index (κ3) is 4.36. The van der Waals surface area contributed by atoms with Gasteiger partial charge < -0.3 is 10.4 Å². The number of nitrogens with zero attached hydrogens (tertiary/aromatic N) is 1. The number of rotatable bonds is 4. The van der Waals surface area contributed by atoms with E-state index >= 15 is 0 Å². The number of hydrogen-bond acceptors (Lipinski definition) is 4. The maximum absolute atomic E-state index is 14.3. The molecule has 2 aromatic rings.